The molecule has 2 rings (SSSR count). The number of carbonyl (C=O) groups is 1. The van der Waals surface area contributed by atoms with E-state index < -0.39 is 11.9 Å². The lowest BCUT2D eigenvalue weighted by Gasteiger charge is -2.17. The van der Waals surface area contributed by atoms with Crippen molar-refractivity contribution in [3.8, 4) is 5.75 Å². The third-order valence-corrected chi connectivity index (χ3v) is 3.82. The molecule has 0 spiro atoms. The molecule has 116 valence electrons. The molecular formula is C16H14Cl2FNO2. The highest BCUT2D eigenvalue weighted by molar-refractivity contribution is 6.35. The second-order valence-corrected chi connectivity index (χ2v) is 5.50. The minimum Gasteiger partial charge on any atom is -0.496 e. The maximum Gasteiger partial charge on any atom is 0.255 e. The number of hydrogen-bond donors (Lipinski definition) is 1. The summed E-state index contributed by atoms with van der Waals surface area (Å²) in [6.07, 6.45) is 0. The summed E-state index contributed by atoms with van der Waals surface area (Å²) in [4.78, 5) is 12.3. The Morgan fingerprint density at radius 3 is 2.59 bits per heavy atom. The third-order valence-electron chi connectivity index (χ3n) is 3.21. The number of ether oxygens (including phenoxy) is 1. The maximum atomic E-state index is 13.6. The van der Waals surface area contributed by atoms with Crippen LogP contribution in [0.5, 0.6) is 5.75 Å². The Bertz CT molecular complexity index is 707. The number of nitrogens with one attached hydrogen (secondary N) is 1. The van der Waals surface area contributed by atoms with E-state index in [-0.39, 0.29) is 10.9 Å². The molecule has 2 aromatic rings. The summed E-state index contributed by atoms with van der Waals surface area (Å²) in [5, 5.41) is 2.99. The summed E-state index contributed by atoms with van der Waals surface area (Å²) in [5.41, 5.74) is 0.842. The largest absolute Gasteiger partial charge is 0.496 e. The molecule has 1 N–H and O–H groups in total. The zero-order valence-electron chi connectivity index (χ0n) is 12.0. The van der Waals surface area contributed by atoms with E-state index >= 15 is 0 Å². The summed E-state index contributed by atoms with van der Waals surface area (Å²) in [6, 6.07) is 8.88. The van der Waals surface area contributed by atoms with Gasteiger partial charge in [0.05, 0.1) is 23.7 Å². The van der Waals surface area contributed by atoms with Crippen molar-refractivity contribution in [3.63, 3.8) is 0 Å². The first-order valence-corrected chi connectivity index (χ1v) is 7.28. The number of methoxy groups -OCH3 is 1. The highest BCUT2D eigenvalue weighted by Gasteiger charge is 2.18. The van der Waals surface area contributed by atoms with Crippen molar-refractivity contribution >= 4 is 29.1 Å². The van der Waals surface area contributed by atoms with Crippen LogP contribution in [0.15, 0.2) is 36.4 Å². The van der Waals surface area contributed by atoms with E-state index in [1.54, 1.807) is 31.2 Å². The minimum atomic E-state index is -0.584. The van der Waals surface area contributed by atoms with Crippen LogP contribution in [-0.2, 0) is 0 Å². The van der Waals surface area contributed by atoms with Crippen LogP contribution in [0.25, 0.3) is 0 Å². The molecule has 6 heteroatoms. The van der Waals surface area contributed by atoms with Gasteiger partial charge in [0.15, 0.2) is 0 Å². The van der Waals surface area contributed by atoms with Crippen LogP contribution < -0.4 is 10.1 Å². The van der Waals surface area contributed by atoms with Gasteiger partial charge in [0.1, 0.15) is 11.6 Å². The van der Waals surface area contributed by atoms with Crippen LogP contribution in [0.2, 0.25) is 10.0 Å². The van der Waals surface area contributed by atoms with Gasteiger partial charge in [0, 0.05) is 5.02 Å². The van der Waals surface area contributed by atoms with Crippen molar-refractivity contribution in [3.05, 3.63) is 63.4 Å². The zero-order chi connectivity index (χ0) is 16.3. The Kier molecular flexibility index (Phi) is 5.27. The SMILES string of the molecule is COc1ccccc1C(=O)NC(C)c1cc(F)c(Cl)cc1Cl. The first kappa shape index (κ1) is 16.6. The topological polar surface area (TPSA) is 38.3 Å². The van der Waals surface area contributed by atoms with E-state index in [0.717, 1.165) is 0 Å². The van der Waals surface area contributed by atoms with Crippen LogP contribution in [0.4, 0.5) is 4.39 Å². The van der Waals surface area contributed by atoms with Crippen LogP contribution in [0.3, 0.4) is 0 Å². The van der Waals surface area contributed by atoms with Crippen molar-refractivity contribution in [2.75, 3.05) is 7.11 Å². The molecule has 0 aliphatic heterocycles. The number of amides is 1. The normalized spacial score (nSPS) is 11.9. The van der Waals surface area contributed by atoms with Crippen molar-refractivity contribution in [2.45, 2.75) is 13.0 Å². The molecule has 0 saturated heterocycles. The summed E-state index contributed by atoms with van der Waals surface area (Å²) in [7, 11) is 1.49. The number of para-hydroxylation sites is 1. The van der Waals surface area contributed by atoms with Gasteiger partial charge in [0.25, 0.3) is 5.91 Å². The second-order valence-electron chi connectivity index (χ2n) is 4.68. The number of benzene rings is 2. The monoisotopic (exact) mass is 341 g/mol. The lowest BCUT2D eigenvalue weighted by atomic mass is 10.1. The first-order chi connectivity index (χ1) is 10.4. The molecular weight excluding hydrogens is 328 g/mol. The fourth-order valence-electron chi connectivity index (χ4n) is 2.05. The van der Waals surface area contributed by atoms with Crippen molar-refractivity contribution in [1.29, 1.82) is 0 Å². The predicted octanol–water partition coefficient (Wildman–Crippen LogP) is 4.63. The molecule has 0 fully saturated rings. The molecule has 0 aromatic heterocycles. The summed E-state index contributed by atoms with van der Waals surface area (Å²) in [6.45, 7) is 1.71. The number of halogens is 3. The minimum absolute atomic E-state index is 0.0583. The van der Waals surface area contributed by atoms with E-state index in [4.69, 9.17) is 27.9 Å². The van der Waals surface area contributed by atoms with E-state index in [1.807, 2.05) is 0 Å². The van der Waals surface area contributed by atoms with Gasteiger partial charge in [-0.25, -0.2) is 4.39 Å². The second kappa shape index (κ2) is 6.99. The van der Waals surface area contributed by atoms with Crippen molar-refractivity contribution in [2.24, 2.45) is 0 Å². The van der Waals surface area contributed by atoms with E-state index in [2.05, 4.69) is 5.32 Å². The van der Waals surface area contributed by atoms with Gasteiger partial charge in [-0.2, -0.15) is 0 Å². The first-order valence-electron chi connectivity index (χ1n) is 6.52. The molecule has 0 bridgehead atoms. The van der Waals surface area contributed by atoms with Gasteiger partial charge < -0.3 is 10.1 Å². The highest BCUT2D eigenvalue weighted by atomic mass is 35.5. The fraction of sp³-hybridized carbons (Fsp3) is 0.188. The van der Waals surface area contributed by atoms with Gasteiger partial charge in [-0.05, 0) is 36.8 Å². The Labute approximate surface area is 138 Å². The summed E-state index contributed by atoms with van der Waals surface area (Å²) >= 11 is 11.7. The lowest BCUT2D eigenvalue weighted by molar-refractivity contribution is 0.0937. The average molecular weight is 342 g/mol. The van der Waals surface area contributed by atoms with Gasteiger partial charge in [-0.15, -0.1) is 0 Å². The summed E-state index contributed by atoms with van der Waals surface area (Å²) in [5.74, 6) is -0.462. The standard InChI is InChI=1S/C16H14Cl2FNO2/c1-9(11-7-14(19)13(18)8-12(11)17)20-16(21)10-5-3-4-6-15(10)22-2/h3-9H,1-2H3,(H,20,21). The molecule has 3 nitrogen and oxygen atoms in total. The molecule has 1 atom stereocenters. The number of hydrogen-bond acceptors (Lipinski definition) is 2. The van der Waals surface area contributed by atoms with Crippen LogP contribution in [-0.4, -0.2) is 13.0 Å². The molecule has 1 unspecified atom stereocenters. The maximum absolute atomic E-state index is 13.6. The molecule has 0 heterocycles. The van der Waals surface area contributed by atoms with E-state index in [1.165, 1.54) is 19.2 Å². The van der Waals surface area contributed by atoms with Crippen LogP contribution >= 0.6 is 23.2 Å². The molecule has 0 saturated carbocycles. The smallest absolute Gasteiger partial charge is 0.255 e. The van der Waals surface area contributed by atoms with Gasteiger partial charge >= 0.3 is 0 Å². The van der Waals surface area contributed by atoms with Gasteiger partial charge in [-0.3, -0.25) is 4.79 Å². The lowest BCUT2D eigenvalue weighted by Crippen LogP contribution is -2.27. The highest BCUT2D eigenvalue weighted by Crippen LogP contribution is 2.29. The van der Waals surface area contributed by atoms with Crippen molar-refractivity contribution in [1.82, 2.24) is 5.32 Å². The summed E-state index contributed by atoms with van der Waals surface area (Å²) < 4.78 is 18.7. The zero-order valence-corrected chi connectivity index (χ0v) is 13.5. The average Bonchev–Trinajstić information content (AvgIpc) is 2.50. The van der Waals surface area contributed by atoms with Gasteiger partial charge in [0.2, 0.25) is 0 Å². The fourth-order valence-corrected chi connectivity index (χ4v) is 2.60. The number of carbonyl (C=O) groups excluding carboxylic acids is 1. The quantitative estimate of drug-likeness (QED) is 0.823. The molecule has 0 aliphatic carbocycles. The van der Waals surface area contributed by atoms with Crippen LogP contribution in [0, 0.1) is 5.82 Å². The van der Waals surface area contributed by atoms with E-state index in [9.17, 15) is 9.18 Å². The third kappa shape index (κ3) is 3.51. The predicted molar refractivity (Wildman–Crippen MR) is 85.3 cm³/mol. The number of rotatable bonds is 4. The Morgan fingerprint density at radius 1 is 1.23 bits per heavy atom. The van der Waals surface area contributed by atoms with E-state index in [0.29, 0.717) is 21.9 Å². The molecule has 1 amide bonds. The molecule has 22 heavy (non-hydrogen) atoms. The van der Waals surface area contributed by atoms with Gasteiger partial charge in [-0.1, -0.05) is 35.3 Å². The molecule has 0 radical (unpaired) electrons. The molecule has 2 aromatic carbocycles. The molecule has 0 aliphatic rings. The Morgan fingerprint density at radius 2 is 1.91 bits per heavy atom. The van der Waals surface area contributed by atoms with Crippen LogP contribution in [0.1, 0.15) is 28.9 Å². The Balaban J connectivity index is 2.23. The van der Waals surface area contributed by atoms with Crippen molar-refractivity contribution < 1.29 is 13.9 Å². The Hall–Kier alpha value is -1.78.